The van der Waals surface area contributed by atoms with E-state index in [2.05, 4.69) is 5.32 Å². The van der Waals surface area contributed by atoms with Gasteiger partial charge in [0.1, 0.15) is 5.76 Å². The van der Waals surface area contributed by atoms with Crippen LogP contribution in [-0.4, -0.2) is 29.8 Å². The number of carbonyl (C=O) groups excluding carboxylic acids is 2. The van der Waals surface area contributed by atoms with Crippen LogP contribution in [0.3, 0.4) is 0 Å². The fourth-order valence-electron chi connectivity index (χ4n) is 2.14. The van der Waals surface area contributed by atoms with E-state index in [9.17, 15) is 9.59 Å². The molecule has 2 rings (SSSR count). The average molecular weight is 250 g/mol. The second-order valence-electron chi connectivity index (χ2n) is 4.47. The lowest BCUT2D eigenvalue weighted by Gasteiger charge is -2.28. The van der Waals surface area contributed by atoms with E-state index in [1.54, 1.807) is 11.2 Å². The lowest BCUT2D eigenvalue weighted by Crippen LogP contribution is -2.44. The molecule has 1 aliphatic heterocycles. The molecule has 1 aromatic heterocycles. The fourth-order valence-corrected chi connectivity index (χ4v) is 2.14. The Labute approximate surface area is 106 Å². The van der Waals surface area contributed by atoms with Crippen molar-refractivity contribution < 1.29 is 14.0 Å². The summed E-state index contributed by atoms with van der Waals surface area (Å²) in [5, 5.41) is 2.74. The first-order valence-electron chi connectivity index (χ1n) is 6.28. The molecule has 0 aromatic carbocycles. The maximum absolute atomic E-state index is 12.3. The third-order valence-corrected chi connectivity index (χ3v) is 3.23. The largest absolute Gasteiger partial charge is 0.467 e. The Bertz CT molecular complexity index is 404. The summed E-state index contributed by atoms with van der Waals surface area (Å²) in [7, 11) is 0. The minimum Gasteiger partial charge on any atom is -0.467 e. The maximum Gasteiger partial charge on any atom is 0.227 e. The number of piperidine rings is 1. The van der Waals surface area contributed by atoms with Crippen LogP contribution in [0.5, 0.6) is 0 Å². The van der Waals surface area contributed by atoms with Crippen LogP contribution in [0.15, 0.2) is 22.8 Å². The smallest absolute Gasteiger partial charge is 0.227 e. The minimum atomic E-state index is -0.0994. The van der Waals surface area contributed by atoms with E-state index in [4.69, 9.17) is 4.42 Å². The van der Waals surface area contributed by atoms with Crippen LogP contribution in [0.4, 0.5) is 0 Å². The zero-order valence-electron chi connectivity index (χ0n) is 10.5. The van der Waals surface area contributed by atoms with E-state index in [1.165, 1.54) is 0 Å². The number of amides is 2. The molecule has 1 aromatic rings. The lowest BCUT2D eigenvalue weighted by molar-refractivity contribution is -0.138. The van der Waals surface area contributed by atoms with Crippen molar-refractivity contribution in [2.45, 2.75) is 26.3 Å². The second-order valence-corrected chi connectivity index (χ2v) is 4.47. The molecule has 1 aliphatic rings. The zero-order valence-corrected chi connectivity index (χ0v) is 10.5. The number of hydrogen-bond donors (Lipinski definition) is 1. The van der Waals surface area contributed by atoms with Crippen molar-refractivity contribution >= 4 is 11.8 Å². The Morgan fingerprint density at radius 3 is 3.00 bits per heavy atom. The first-order chi connectivity index (χ1) is 8.70. The molecule has 2 amide bonds. The van der Waals surface area contributed by atoms with Crippen molar-refractivity contribution in [2.75, 3.05) is 13.1 Å². The number of nitrogens with one attached hydrogen (secondary N) is 1. The molecule has 0 aliphatic carbocycles. The zero-order chi connectivity index (χ0) is 13.0. The van der Waals surface area contributed by atoms with Crippen molar-refractivity contribution in [3.63, 3.8) is 0 Å². The molecule has 0 saturated carbocycles. The molecule has 5 nitrogen and oxygen atoms in total. The van der Waals surface area contributed by atoms with Gasteiger partial charge in [0.05, 0.1) is 18.7 Å². The summed E-state index contributed by atoms with van der Waals surface area (Å²) in [5.41, 5.74) is 0. The lowest BCUT2D eigenvalue weighted by atomic mass is 9.97. The highest BCUT2D eigenvalue weighted by atomic mass is 16.3. The second kappa shape index (κ2) is 5.71. The predicted octanol–water partition coefficient (Wildman–Crippen LogP) is 1.15. The SMILES string of the molecule is CCN(Cc1ccco1)C(=O)C1CCC(=O)NC1. The Morgan fingerprint density at radius 2 is 2.44 bits per heavy atom. The van der Waals surface area contributed by atoms with E-state index >= 15 is 0 Å². The molecule has 2 heterocycles. The van der Waals surface area contributed by atoms with Crippen molar-refractivity contribution in [3.05, 3.63) is 24.2 Å². The van der Waals surface area contributed by atoms with Gasteiger partial charge in [0.2, 0.25) is 11.8 Å². The molecular formula is C13H18N2O3. The van der Waals surface area contributed by atoms with Gasteiger partial charge in [-0.1, -0.05) is 0 Å². The van der Waals surface area contributed by atoms with Crippen LogP contribution in [-0.2, 0) is 16.1 Å². The van der Waals surface area contributed by atoms with Crippen LogP contribution >= 0.6 is 0 Å². The molecule has 98 valence electrons. The summed E-state index contributed by atoms with van der Waals surface area (Å²) in [5.74, 6) is 0.810. The van der Waals surface area contributed by atoms with Crippen LogP contribution in [0.1, 0.15) is 25.5 Å². The van der Waals surface area contributed by atoms with Gasteiger partial charge in [-0.2, -0.15) is 0 Å². The Kier molecular flexibility index (Phi) is 4.02. The fraction of sp³-hybridized carbons (Fsp3) is 0.538. The van der Waals surface area contributed by atoms with E-state index in [0.29, 0.717) is 32.5 Å². The number of furan rings is 1. The topological polar surface area (TPSA) is 62.6 Å². The van der Waals surface area contributed by atoms with Gasteiger partial charge in [-0.05, 0) is 25.5 Å². The third kappa shape index (κ3) is 2.91. The molecule has 0 spiro atoms. The number of rotatable bonds is 4. The molecule has 1 saturated heterocycles. The molecule has 0 radical (unpaired) electrons. The van der Waals surface area contributed by atoms with Crippen LogP contribution < -0.4 is 5.32 Å². The van der Waals surface area contributed by atoms with Gasteiger partial charge in [-0.25, -0.2) is 0 Å². The van der Waals surface area contributed by atoms with E-state index < -0.39 is 0 Å². The van der Waals surface area contributed by atoms with Crippen molar-refractivity contribution in [2.24, 2.45) is 5.92 Å². The normalized spacial score (nSPS) is 19.4. The molecule has 1 atom stereocenters. The monoisotopic (exact) mass is 250 g/mol. The van der Waals surface area contributed by atoms with Gasteiger partial charge in [-0.3, -0.25) is 9.59 Å². The molecule has 0 bridgehead atoms. The van der Waals surface area contributed by atoms with Crippen molar-refractivity contribution in [3.8, 4) is 0 Å². The summed E-state index contributed by atoms with van der Waals surface area (Å²) in [6.45, 7) is 3.53. The summed E-state index contributed by atoms with van der Waals surface area (Å²) < 4.78 is 5.26. The maximum atomic E-state index is 12.3. The Balaban J connectivity index is 1.95. The summed E-state index contributed by atoms with van der Waals surface area (Å²) in [4.78, 5) is 25.1. The van der Waals surface area contributed by atoms with Crippen LogP contribution in [0, 0.1) is 5.92 Å². The Morgan fingerprint density at radius 1 is 1.61 bits per heavy atom. The van der Waals surface area contributed by atoms with E-state index in [-0.39, 0.29) is 17.7 Å². The van der Waals surface area contributed by atoms with Gasteiger partial charge < -0.3 is 14.6 Å². The highest BCUT2D eigenvalue weighted by molar-refractivity contribution is 5.83. The van der Waals surface area contributed by atoms with Gasteiger partial charge >= 0.3 is 0 Å². The quantitative estimate of drug-likeness (QED) is 0.872. The Hall–Kier alpha value is -1.78. The van der Waals surface area contributed by atoms with Crippen molar-refractivity contribution in [1.29, 1.82) is 0 Å². The van der Waals surface area contributed by atoms with E-state index in [0.717, 1.165) is 5.76 Å². The van der Waals surface area contributed by atoms with E-state index in [1.807, 2.05) is 19.1 Å². The van der Waals surface area contributed by atoms with Gasteiger partial charge in [0, 0.05) is 19.5 Å². The first kappa shape index (κ1) is 12.7. The molecule has 1 unspecified atom stereocenters. The molecule has 1 fully saturated rings. The van der Waals surface area contributed by atoms with Gasteiger partial charge in [0.25, 0.3) is 0 Å². The average Bonchev–Trinajstić information content (AvgIpc) is 2.89. The van der Waals surface area contributed by atoms with Gasteiger partial charge in [-0.15, -0.1) is 0 Å². The predicted molar refractivity (Wildman–Crippen MR) is 65.5 cm³/mol. The van der Waals surface area contributed by atoms with Crippen LogP contribution in [0.25, 0.3) is 0 Å². The summed E-state index contributed by atoms with van der Waals surface area (Å²) >= 11 is 0. The van der Waals surface area contributed by atoms with Gasteiger partial charge in [0.15, 0.2) is 0 Å². The van der Waals surface area contributed by atoms with Crippen molar-refractivity contribution in [1.82, 2.24) is 10.2 Å². The molecule has 18 heavy (non-hydrogen) atoms. The highest BCUT2D eigenvalue weighted by Gasteiger charge is 2.28. The minimum absolute atomic E-state index is 0.0353. The molecule has 5 heteroatoms. The number of nitrogens with zero attached hydrogens (tertiary/aromatic N) is 1. The standard InChI is InChI=1S/C13H18N2O3/c1-2-15(9-11-4-3-7-18-11)13(17)10-5-6-12(16)14-8-10/h3-4,7,10H,2,5-6,8-9H2,1H3,(H,14,16). The highest BCUT2D eigenvalue weighted by Crippen LogP contribution is 2.16. The van der Waals surface area contributed by atoms with Crippen LogP contribution in [0.2, 0.25) is 0 Å². The third-order valence-electron chi connectivity index (χ3n) is 3.23. The summed E-state index contributed by atoms with van der Waals surface area (Å²) in [6.07, 6.45) is 2.68. The number of carbonyl (C=O) groups is 2. The number of hydrogen-bond acceptors (Lipinski definition) is 3. The first-order valence-corrected chi connectivity index (χ1v) is 6.28. The summed E-state index contributed by atoms with van der Waals surface area (Å²) in [6, 6.07) is 3.67. The molecule has 1 N–H and O–H groups in total. The molecular weight excluding hydrogens is 232 g/mol.